The summed E-state index contributed by atoms with van der Waals surface area (Å²) < 4.78 is 5.13. The monoisotopic (exact) mass is 232 g/mol. The minimum atomic E-state index is 0.208. The van der Waals surface area contributed by atoms with Gasteiger partial charge in [0.05, 0.1) is 19.8 Å². The summed E-state index contributed by atoms with van der Waals surface area (Å²) in [4.78, 5) is 16.2. The Balaban J connectivity index is 1.89. The first kappa shape index (κ1) is 10.6. The number of ether oxygens (including phenoxy) is 1. The zero-order valence-electron chi connectivity index (χ0n) is 9.93. The van der Waals surface area contributed by atoms with Gasteiger partial charge in [0.25, 0.3) is 0 Å². The molecule has 90 valence electrons. The first-order valence-corrected chi connectivity index (χ1v) is 6.00. The predicted octanol–water partition coefficient (Wildman–Crippen LogP) is 1.46. The average Bonchev–Trinajstić information content (AvgIpc) is 2.89. The van der Waals surface area contributed by atoms with Gasteiger partial charge in [-0.25, -0.2) is 0 Å². The number of fused-ring (bicyclic) bond motifs is 1. The predicted molar refractivity (Wildman–Crippen MR) is 65.1 cm³/mol. The lowest BCUT2D eigenvalue weighted by atomic mass is 10.2. The van der Waals surface area contributed by atoms with Crippen molar-refractivity contribution in [2.75, 3.05) is 25.1 Å². The molecule has 2 fully saturated rings. The summed E-state index contributed by atoms with van der Waals surface area (Å²) in [5, 5.41) is 0. The first-order chi connectivity index (χ1) is 8.29. The number of carbonyl (C=O) groups is 1. The van der Waals surface area contributed by atoms with E-state index in [4.69, 9.17) is 4.74 Å². The van der Waals surface area contributed by atoms with Crippen LogP contribution in [0, 0.1) is 0 Å². The van der Waals surface area contributed by atoms with Crippen molar-refractivity contribution in [3.8, 4) is 5.75 Å². The third kappa shape index (κ3) is 1.69. The number of anilines is 1. The second kappa shape index (κ2) is 4.04. The highest BCUT2D eigenvalue weighted by molar-refractivity contribution is 5.97. The fourth-order valence-corrected chi connectivity index (χ4v) is 2.76. The highest BCUT2D eigenvalue weighted by Crippen LogP contribution is 2.31. The molecule has 1 aromatic rings. The second-order valence-corrected chi connectivity index (χ2v) is 4.56. The van der Waals surface area contributed by atoms with Crippen LogP contribution in [-0.2, 0) is 4.79 Å². The minimum Gasteiger partial charge on any atom is -0.497 e. The summed E-state index contributed by atoms with van der Waals surface area (Å²) in [6.07, 6.45) is 2.54. The van der Waals surface area contributed by atoms with Crippen molar-refractivity contribution < 1.29 is 9.53 Å². The van der Waals surface area contributed by atoms with Crippen molar-refractivity contribution >= 4 is 11.6 Å². The number of benzene rings is 1. The summed E-state index contributed by atoms with van der Waals surface area (Å²) in [6.45, 7) is 1.61. The zero-order chi connectivity index (χ0) is 11.8. The molecule has 4 nitrogen and oxygen atoms in total. The van der Waals surface area contributed by atoms with Crippen molar-refractivity contribution in [3.63, 3.8) is 0 Å². The van der Waals surface area contributed by atoms with Crippen LogP contribution in [0.25, 0.3) is 0 Å². The van der Waals surface area contributed by atoms with E-state index in [2.05, 4.69) is 4.90 Å². The Morgan fingerprint density at radius 1 is 1.29 bits per heavy atom. The number of rotatable bonds is 2. The lowest BCUT2D eigenvalue weighted by Gasteiger charge is -2.24. The van der Waals surface area contributed by atoms with Crippen molar-refractivity contribution in [2.45, 2.75) is 19.0 Å². The fraction of sp³-hybridized carbons (Fsp3) is 0.462. The highest BCUT2D eigenvalue weighted by Gasteiger charge is 2.41. The third-order valence-electron chi connectivity index (χ3n) is 3.58. The Morgan fingerprint density at radius 3 is 2.76 bits per heavy atom. The van der Waals surface area contributed by atoms with E-state index in [9.17, 15) is 4.79 Å². The van der Waals surface area contributed by atoms with Gasteiger partial charge in [0.2, 0.25) is 5.91 Å². The van der Waals surface area contributed by atoms with Crippen LogP contribution in [0.5, 0.6) is 5.75 Å². The topological polar surface area (TPSA) is 32.8 Å². The highest BCUT2D eigenvalue weighted by atomic mass is 16.5. The van der Waals surface area contributed by atoms with Gasteiger partial charge >= 0.3 is 0 Å². The van der Waals surface area contributed by atoms with Gasteiger partial charge in [-0.05, 0) is 37.1 Å². The maximum Gasteiger partial charge on any atom is 0.242 e. The molecule has 0 spiro atoms. The maximum atomic E-state index is 12.0. The molecule has 2 aliphatic heterocycles. The molecule has 1 amide bonds. The van der Waals surface area contributed by atoms with Gasteiger partial charge in [0.15, 0.2) is 0 Å². The zero-order valence-corrected chi connectivity index (χ0v) is 9.93. The second-order valence-electron chi connectivity index (χ2n) is 4.56. The van der Waals surface area contributed by atoms with Crippen LogP contribution in [0.4, 0.5) is 5.69 Å². The summed E-state index contributed by atoms with van der Waals surface area (Å²) in [7, 11) is 1.65. The molecule has 0 aliphatic carbocycles. The Labute approximate surface area is 101 Å². The number of hydrogen-bond donors (Lipinski definition) is 0. The molecule has 1 aromatic carbocycles. The molecule has 4 heteroatoms. The van der Waals surface area contributed by atoms with E-state index < -0.39 is 0 Å². The van der Waals surface area contributed by atoms with E-state index >= 15 is 0 Å². The van der Waals surface area contributed by atoms with E-state index in [0.29, 0.717) is 6.54 Å². The van der Waals surface area contributed by atoms with E-state index in [1.807, 2.05) is 29.2 Å². The molecule has 3 rings (SSSR count). The Bertz CT molecular complexity index is 430. The smallest absolute Gasteiger partial charge is 0.242 e. The molecule has 17 heavy (non-hydrogen) atoms. The fourth-order valence-electron chi connectivity index (χ4n) is 2.76. The van der Waals surface area contributed by atoms with E-state index in [1.54, 1.807) is 7.11 Å². The largest absolute Gasteiger partial charge is 0.497 e. The summed E-state index contributed by atoms with van der Waals surface area (Å²) in [5.41, 5.74) is 0.977. The molecule has 1 unspecified atom stereocenters. The molecule has 2 aliphatic rings. The van der Waals surface area contributed by atoms with Crippen LogP contribution in [0.15, 0.2) is 24.3 Å². The molecule has 2 heterocycles. The SMILES string of the molecule is COc1ccc(N2C(=O)CN3CCCC32)cc1. The third-order valence-corrected chi connectivity index (χ3v) is 3.58. The number of amides is 1. The van der Waals surface area contributed by atoms with E-state index in [-0.39, 0.29) is 12.1 Å². The molecule has 0 N–H and O–H groups in total. The summed E-state index contributed by atoms with van der Waals surface area (Å²) >= 11 is 0. The van der Waals surface area contributed by atoms with Crippen molar-refractivity contribution in [3.05, 3.63) is 24.3 Å². The molecule has 0 aromatic heterocycles. The van der Waals surface area contributed by atoms with Crippen LogP contribution in [0.3, 0.4) is 0 Å². The normalized spacial score (nSPS) is 24.2. The van der Waals surface area contributed by atoms with Crippen LogP contribution in [0.2, 0.25) is 0 Å². The van der Waals surface area contributed by atoms with Gasteiger partial charge in [-0.15, -0.1) is 0 Å². The van der Waals surface area contributed by atoms with Crippen LogP contribution >= 0.6 is 0 Å². The standard InChI is InChI=1S/C13H16N2O2/c1-17-11-6-4-10(5-7-11)15-12-3-2-8-14(12)9-13(15)16/h4-7,12H,2-3,8-9H2,1H3. The van der Waals surface area contributed by atoms with Gasteiger partial charge in [-0.3, -0.25) is 14.6 Å². The number of nitrogens with zero attached hydrogens (tertiary/aromatic N) is 2. The summed E-state index contributed by atoms with van der Waals surface area (Å²) in [6, 6.07) is 7.72. The van der Waals surface area contributed by atoms with Gasteiger partial charge in [0, 0.05) is 12.2 Å². The van der Waals surface area contributed by atoms with Crippen molar-refractivity contribution in [2.24, 2.45) is 0 Å². The number of carbonyl (C=O) groups excluding carboxylic acids is 1. The maximum absolute atomic E-state index is 12.0. The van der Waals surface area contributed by atoms with Crippen molar-refractivity contribution in [1.82, 2.24) is 4.90 Å². The lowest BCUT2D eigenvalue weighted by Crippen LogP contribution is -2.35. The molecular formula is C13H16N2O2. The Morgan fingerprint density at radius 2 is 2.06 bits per heavy atom. The molecule has 0 bridgehead atoms. The van der Waals surface area contributed by atoms with Crippen LogP contribution in [0.1, 0.15) is 12.8 Å². The molecular weight excluding hydrogens is 216 g/mol. The molecule has 2 saturated heterocycles. The number of methoxy groups -OCH3 is 1. The molecule has 0 radical (unpaired) electrons. The minimum absolute atomic E-state index is 0.208. The Hall–Kier alpha value is -1.55. The van der Waals surface area contributed by atoms with Gasteiger partial charge in [-0.2, -0.15) is 0 Å². The van der Waals surface area contributed by atoms with E-state index in [1.165, 1.54) is 6.42 Å². The van der Waals surface area contributed by atoms with Crippen molar-refractivity contribution in [1.29, 1.82) is 0 Å². The van der Waals surface area contributed by atoms with Crippen LogP contribution in [-0.4, -0.2) is 37.2 Å². The lowest BCUT2D eigenvalue weighted by molar-refractivity contribution is -0.116. The molecule has 0 saturated carbocycles. The Kier molecular flexibility index (Phi) is 2.52. The van der Waals surface area contributed by atoms with E-state index in [0.717, 1.165) is 24.4 Å². The summed E-state index contributed by atoms with van der Waals surface area (Å²) in [5.74, 6) is 1.03. The van der Waals surface area contributed by atoms with Crippen LogP contribution < -0.4 is 9.64 Å². The van der Waals surface area contributed by atoms with Gasteiger partial charge in [0.1, 0.15) is 5.75 Å². The van der Waals surface area contributed by atoms with Gasteiger partial charge in [-0.1, -0.05) is 0 Å². The first-order valence-electron chi connectivity index (χ1n) is 6.00. The average molecular weight is 232 g/mol. The number of hydrogen-bond acceptors (Lipinski definition) is 3. The van der Waals surface area contributed by atoms with Gasteiger partial charge < -0.3 is 4.74 Å². The quantitative estimate of drug-likeness (QED) is 0.774. The molecule has 1 atom stereocenters.